The summed E-state index contributed by atoms with van der Waals surface area (Å²) in [5.41, 5.74) is 0. The van der Waals surface area contributed by atoms with Crippen molar-refractivity contribution in [2.45, 2.75) is 63.6 Å². The summed E-state index contributed by atoms with van der Waals surface area (Å²) in [7, 11) is 0. The summed E-state index contributed by atoms with van der Waals surface area (Å²) in [5, 5.41) is 10.0. The highest BCUT2D eigenvalue weighted by Crippen LogP contribution is 2.13. The van der Waals surface area contributed by atoms with E-state index in [-0.39, 0.29) is 5.91 Å². The van der Waals surface area contributed by atoms with Gasteiger partial charge in [0.25, 0.3) is 0 Å². The van der Waals surface area contributed by atoms with Gasteiger partial charge in [0.05, 0.1) is 0 Å². The quantitative estimate of drug-likeness (QED) is 0.679. The molecule has 2 saturated heterocycles. The number of nitrogens with one attached hydrogen (secondary N) is 3. The molecule has 17 heavy (non-hydrogen) atoms. The molecule has 0 bridgehead atoms. The van der Waals surface area contributed by atoms with Crippen molar-refractivity contribution in [1.29, 1.82) is 0 Å². The monoisotopic (exact) mass is 239 g/mol. The van der Waals surface area contributed by atoms with Crippen molar-refractivity contribution in [3.8, 4) is 0 Å². The Bertz CT molecular complexity index is 249. The lowest BCUT2D eigenvalue weighted by Gasteiger charge is -2.23. The molecule has 1 amide bonds. The van der Waals surface area contributed by atoms with E-state index in [0.717, 1.165) is 6.54 Å². The van der Waals surface area contributed by atoms with E-state index in [1.807, 2.05) is 0 Å². The van der Waals surface area contributed by atoms with E-state index in [9.17, 15) is 4.79 Å². The van der Waals surface area contributed by atoms with Crippen LogP contribution >= 0.6 is 0 Å². The molecule has 0 aromatic rings. The number of rotatable bonds is 4. The average Bonchev–Trinajstić information content (AvgIpc) is 2.53. The zero-order valence-corrected chi connectivity index (χ0v) is 10.8. The van der Waals surface area contributed by atoms with Crippen LogP contribution in [0.5, 0.6) is 0 Å². The largest absolute Gasteiger partial charge is 0.354 e. The molecular weight excluding hydrogens is 214 g/mol. The fourth-order valence-electron chi connectivity index (χ4n) is 2.92. The molecule has 2 aliphatic rings. The van der Waals surface area contributed by atoms with Crippen LogP contribution in [0.1, 0.15) is 45.4 Å². The topological polar surface area (TPSA) is 53.2 Å². The SMILES string of the molecule is CC(CC1CCCCCN1)NC1CNC(=O)C1. The first-order valence-electron chi connectivity index (χ1n) is 7.00. The summed E-state index contributed by atoms with van der Waals surface area (Å²) in [5.74, 6) is 0.183. The molecule has 3 N–H and O–H groups in total. The van der Waals surface area contributed by atoms with Crippen LogP contribution in [0.25, 0.3) is 0 Å². The second kappa shape index (κ2) is 6.36. The van der Waals surface area contributed by atoms with Crippen molar-refractivity contribution in [3.63, 3.8) is 0 Å². The van der Waals surface area contributed by atoms with Crippen molar-refractivity contribution in [1.82, 2.24) is 16.0 Å². The minimum Gasteiger partial charge on any atom is -0.354 e. The smallest absolute Gasteiger partial charge is 0.221 e. The van der Waals surface area contributed by atoms with Crippen LogP contribution in [0.15, 0.2) is 0 Å². The van der Waals surface area contributed by atoms with Crippen LogP contribution in [-0.2, 0) is 4.79 Å². The maximum absolute atomic E-state index is 11.1. The van der Waals surface area contributed by atoms with Crippen LogP contribution in [0.3, 0.4) is 0 Å². The Morgan fingerprint density at radius 3 is 3.06 bits per heavy atom. The zero-order valence-electron chi connectivity index (χ0n) is 10.8. The maximum atomic E-state index is 11.1. The Balaban J connectivity index is 1.68. The highest BCUT2D eigenvalue weighted by Gasteiger charge is 2.23. The van der Waals surface area contributed by atoms with Crippen molar-refractivity contribution < 1.29 is 4.79 Å². The Hall–Kier alpha value is -0.610. The van der Waals surface area contributed by atoms with Crippen LogP contribution in [0.4, 0.5) is 0 Å². The molecule has 2 rings (SSSR count). The molecule has 98 valence electrons. The molecule has 4 nitrogen and oxygen atoms in total. The summed E-state index contributed by atoms with van der Waals surface area (Å²) in [6, 6.07) is 1.48. The lowest BCUT2D eigenvalue weighted by Crippen LogP contribution is -2.42. The second-order valence-corrected chi connectivity index (χ2v) is 5.51. The van der Waals surface area contributed by atoms with Crippen molar-refractivity contribution in [2.75, 3.05) is 13.1 Å². The molecule has 4 heteroatoms. The van der Waals surface area contributed by atoms with Gasteiger partial charge in [-0.3, -0.25) is 4.79 Å². The standard InChI is InChI=1S/C13H25N3O/c1-10(16-12-8-13(17)15-9-12)7-11-5-3-2-4-6-14-11/h10-12,14,16H,2-9H2,1H3,(H,15,17). The Morgan fingerprint density at radius 2 is 2.29 bits per heavy atom. The lowest BCUT2D eigenvalue weighted by atomic mass is 10.0. The molecular formula is C13H25N3O. The third-order valence-corrected chi connectivity index (χ3v) is 3.80. The molecule has 2 fully saturated rings. The van der Waals surface area contributed by atoms with E-state index in [1.54, 1.807) is 0 Å². The van der Waals surface area contributed by atoms with Gasteiger partial charge in [0.15, 0.2) is 0 Å². The van der Waals surface area contributed by atoms with E-state index < -0.39 is 0 Å². The van der Waals surface area contributed by atoms with Gasteiger partial charge < -0.3 is 16.0 Å². The van der Waals surface area contributed by atoms with Gasteiger partial charge >= 0.3 is 0 Å². The normalized spacial score (nSPS) is 31.9. The minimum atomic E-state index is 0.183. The van der Waals surface area contributed by atoms with Crippen LogP contribution < -0.4 is 16.0 Å². The Labute approximate surface area is 104 Å². The summed E-state index contributed by atoms with van der Waals surface area (Å²) in [6.45, 7) is 4.19. The van der Waals surface area contributed by atoms with Gasteiger partial charge in [0.2, 0.25) is 5.91 Å². The number of carbonyl (C=O) groups is 1. The van der Waals surface area contributed by atoms with E-state index in [1.165, 1.54) is 38.6 Å². The highest BCUT2D eigenvalue weighted by atomic mass is 16.1. The number of hydrogen-bond donors (Lipinski definition) is 3. The van der Waals surface area contributed by atoms with Crippen LogP contribution in [0.2, 0.25) is 0 Å². The summed E-state index contributed by atoms with van der Waals surface area (Å²) in [4.78, 5) is 11.1. The molecule has 0 radical (unpaired) electrons. The van der Waals surface area contributed by atoms with E-state index >= 15 is 0 Å². The molecule has 3 atom stereocenters. The van der Waals surface area contributed by atoms with Crippen LogP contribution in [0, 0.1) is 0 Å². The van der Waals surface area contributed by atoms with E-state index in [0.29, 0.717) is 24.5 Å². The van der Waals surface area contributed by atoms with Gasteiger partial charge in [-0.15, -0.1) is 0 Å². The van der Waals surface area contributed by atoms with Gasteiger partial charge in [-0.1, -0.05) is 12.8 Å². The fraction of sp³-hybridized carbons (Fsp3) is 0.923. The zero-order chi connectivity index (χ0) is 12.1. The predicted octanol–water partition coefficient (Wildman–Crippen LogP) is 0.775. The molecule has 0 aliphatic carbocycles. The van der Waals surface area contributed by atoms with Gasteiger partial charge in [0.1, 0.15) is 0 Å². The van der Waals surface area contributed by atoms with E-state index in [4.69, 9.17) is 0 Å². The number of hydrogen-bond acceptors (Lipinski definition) is 3. The summed E-state index contributed by atoms with van der Waals surface area (Å²) in [6.07, 6.45) is 7.15. The number of carbonyl (C=O) groups excluding carboxylic acids is 1. The Morgan fingerprint density at radius 1 is 1.41 bits per heavy atom. The van der Waals surface area contributed by atoms with Gasteiger partial charge in [0, 0.05) is 31.1 Å². The van der Waals surface area contributed by atoms with E-state index in [2.05, 4.69) is 22.9 Å². The lowest BCUT2D eigenvalue weighted by molar-refractivity contribution is -0.119. The van der Waals surface area contributed by atoms with Gasteiger partial charge in [-0.25, -0.2) is 0 Å². The third-order valence-electron chi connectivity index (χ3n) is 3.80. The first kappa shape index (κ1) is 12.8. The minimum absolute atomic E-state index is 0.183. The molecule has 2 heterocycles. The second-order valence-electron chi connectivity index (χ2n) is 5.51. The van der Waals surface area contributed by atoms with Gasteiger partial charge in [-0.05, 0) is 32.7 Å². The average molecular weight is 239 g/mol. The van der Waals surface area contributed by atoms with Crippen molar-refractivity contribution >= 4 is 5.91 Å². The first-order chi connectivity index (χ1) is 8.24. The van der Waals surface area contributed by atoms with Crippen molar-refractivity contribution in [3.05, 3.63) is 0 Å². The Kier molecular flexibility index (Phi) is 4.80. The molecule has 3 unspecified atom stereocenters. The summed E-state index contributed by atoms with van der Waals surface area (Å²) >= 11 is 0. The summed E-state index contributed by atoms with van der Waals surface area (Å²) < 4.78 is 0. The number of amides is 1. The highest BCUT2D eigenvalue weighted by molar-refractivity contribution is 5.78. The maximum Gasteiger partial charge on any atom is 0.221 e. The fourth-order valence-corrected chi connectivity index (χ4v) is 2.92. The van der Waals surface area contributed by atoms with Crippen molar-refractivity contribution in [2.24, 2.45) is 0 Å². The van der Waals surface area contributed by atoms with Crippen LogP contribution in [-0.4, -0.2) is 37.1 Å². The predicted molar refractivity (Wildman–Crippen MR) is 68.9 cm³/mol. The molecule has 0 aromatic carbocycles. The molecule has 0 spiro atoms. The first-order valence-corrected chi connectivity index (χ1v) is 7.00. The van der Waals surface area contributed by atoms with Gasteiger partial charge in [-0.2, -0.15) is 0 Å². The molecule has 2 aliphatic heterocycles. The molecule has 0 aromatic heterocycles. The third kappa shape index (κ3) is 4.28. The molecule has 0 saturated carbocycles.